The van der Waals surface area contributed by atoms with Crippen molar-refractivity contribution in [2.75, 3.05) is 30.5 Å². The number of thiazole rings is 1. The minimum absolute atomic E-state index is 0.0136. The van der Waals surface area contributed by atoms with Gasteiger partial charge in [0.05, 0.1) is 6.54 Å². The number of anilines is 1. The number of hydrogen-bond acceptors (Lipinski definition) is 15. The Labute approximate surface area is 255 Å². The number of nitrogens with two attached hydrogens (primary N) is 1. The normalized spacial score (nSPS) is 22.4. The molecule has 4 atom stereocenters. The predicted octanol–water partition coefficient (Wildman–Crippen LogP) is -1.34. The number of nitrogens with one attached hydrogen (secondary N) is 2. The van der Waals surface area contributed by atoms with E-state index in [1.165, 1.54) is 4.90 Å². The van der Waals surface area contributed by atoms with Crippen molar-refractivity contribution in [3.8, 4) is 0 Å². The Bertz CT molecular complexity index is 1500. The molecule has 2 aliphatic rings. The van der Waals surface area contributed by atoms with Crippen LogP contribution >= 0.6 is 34.9 Å². The SMILES string of the molecule is CON=C(C(=O)NC1C(=O)N2CC(CSc3nnnn3CC(N)C(=O)O)(C(=O)O)CS[C@H]12)c1csc(NC(=O)C(F)(F)F)n1. The molecule has 0 radical (unpaired) electrons. The molecule has 0 bridgehead atoms. The summed E-state index contributed by atoms with van der Waals surface area (Å²) in [4.78, 5) is 70.3. The molecule has 4 heterocycles. The maximum atomic E-state index is 13.0. The number of tetrazole rings is 1. The van der Waals surface area contributed by atoms with E-state index in [-0.39, 0.29) is 35.4 Å². The molecule has 18 nitrogen and oxygen atoms in total. The number of nitrogens with zero attached hydrogens (tertiary/aromatic N) is 7. The number of carboxylic acid groups (broad SMARTS) is 2. The minimum atomic E-state index is -5.16. The second-order valence-electron chi connectivity index (χ2n) is 9.19. The fourth-order valence-electron chi connectivity index (χ4n) is 3.90. The van der Waals surface area contributed by atoms with Crippen LogP contribution in [0.3, 0.4) is 0 Å². The summed E-state index contributed by atoms with van der Waals surface area (Å²) < 4.78 is 38.8. The quantitative estimate of drug-likeness (QED) is 0.0751. The van der Waals surface area contributed by atoms with Crippen LogP contribution in [-0.2, 0) is 35.4 Å². The third kappa shape index (κ3) is 6.86. The van der Waals surface area contributed by atoms with E-state index in [9.17, 15) is 42.3 Å². The zero-order valence-electron chi connectivity index (χ0n) is 22.0. The number of aliphatic carboxylic acids is 2. The van der Waals surface area contributed by atoms with Crippen LogP contribution in [0.25, 0.3) is 0 Å². The number of carboxylic acids is 2. The van der Waals surface area contributed by atoms with Crippen LogP contribution in [0.5, 0.6) is 0 Å². The van der Waals surface area contributed by atoms with Gasteiger partial charge >= 0.3 is 24.0 Å². The molecule has 0 saturated carbocycles. The molecule has 2 aliphatic heterocycles. The molecule has 0 spiro atoms. The first-order valence-electron chi connectivity index (χ1n) is 12.0. The number of hydrogen-bond donors (Lipinski definition) is 5. The number of β-lactam (4-membered cyclic amide) rings is 1. The number of alkyl halides is 3. The maximum absolute atomic E-state index is 13.0. The zero-order chi connectivity index (χ0) is 32.4. The van der Waals surface area contributed by atoms with Crippen LogP contribution in [0.15, 0.2) is 15.7 Å². The zero-order valence-corrected chi connectivity index (χ0v) is 24.5. The van der Waals surface area contributed by atoms with E-state index in [1.807, 2.05) is 0 Å². The van der Waals surface area contributed by atoms with Crippen molar-refractivity contribution in [3.63, 3.8) is 0 Å². The Kier molecular flexibility index (Phi) is 9.65. The first-order chi connectivity index (χ1) is 20.7. The highest BCUT2D eigenvalue weighted by atomic mass is 32.2. The second kappa shape index (κ2) is 12.9. The molecule has 24 heteroatoms. The van der Waals surface area contributed by atoms with E-state index in [2.05, 4.69) is 35.8 Å². The number of carbonyl (C=O) groups is 5. The van der Waals surface area contributed by atoms with Crippen molar-refractivity contribution in [3.05, 3.63) is 11.1 Å². The smallest absolute Gasteiger partial charge is 0.471 e. The molecule has 4 rings (SSSR count). The summed E-state index contributed by atoms with van der Waals surface area (Å²) in [6.45, 7) is -0.478. The van der Waals surface area contributed by atoms with E-state index in [4.69, 9.17) is 10.8 Å². The summed E-state index contributed by atoms with van der Waals surface area (Å²) in [7, 11) is 1.10. The third-order valence-corrected chi connectivity index (χ3v) is 9.76. The number of carbonyl (C=O) groups excluding carboxylic acids is 3. The molecule has 3 amide bonds. The highest BCUT2D eigenvalue weighted by Gasteiger charge is 2.57. The van der Waals surface area contributed by atoms with Crippen LogP contribution in [0.4, 0.5) is 18.3 Å². The second-order valence-corrected chi connectivity index (χ2v) is 12.1. The molecular formula is C20H21F3N10O8S3. The van der Waals surface area contributed by atoms with Gasteiger partial charge in [-0.2, -0.15) is 13.2 Å². The molecule has 2 aromatic heterocycles. The van der Waals surface area contributed by atoms with Crippen molar-refractivity contribution in [1.29, 1.82) is 0 Å². The van der Waals surface area contributed by atoms with Crippen molar-refractivity contribution in [2.24, 2.45) is 16.3 Å². The highest BCUT2D eigenvalue weighted by Crippen LogP contribution is 2.44. The van der Waals surface area contributed by atoms with Crippen LogP contribution in [-0.4, -0.2) is 124 Å². The monoisotopic (exact) mass is 682 g/mol. The molecule has 238 valence electrons. The number of rotatable bonds is 12. The van der Waals surface area contributed by atoms with Crippen LogP contribution in [0, 0.1) is 5.41 Å². The first-order valence-corrected chi connectivity index (χ1v) is 14.9. The lowest BCUT2D eigenvalue weighted by molar-refractivity contribution is -0.167. The summed E-state index contributed by atoms with van der Waals surface area (Å²) in [6.07, 6.45) is -5.16. The topological polar surface area (TPSA) is 257 Å². The van der Waals surface area contributed by atoms with E-state index in [0.717, 1.165) is 40.7 Å². The number of amides is 3. The minimum Gasteiger partial charge on any atom is -0.481 e. The molecule has 0 aliphatic carbocycles. The summed E-state index contributed by atoms with van der Waals surface area (Å²) in [6, 6.07) is -2.40. The van der Waals surface area contributed by atoms with Gasteiger partial charge in [-0.25, -0.2) is 9.67 Å². The first kappa shape index (κ1) is 32.9. The summed E-state index contributed by atoms with van der Waals surface area (Å²) in [5, 5.41) is 37.8. The van der Waals surface area contributed by atoms with Crippen molar-refractivity contribution >= 4 is 75.4 Å². The molecule has 2 fully saturated rings. The summed E-state index contributed by atoms with van der Waals surface area (Å²) >= 11 is 2.63. The Morgan fingerprint density at radius 3 is 2.70 bits per heavy atom. The van der Waals surface area contributed by atoms with Crippen molar-refractivity contribution < 1.29 is 52.2 Å². The number of aromatic nitrogens is 5. The Balaban J connectivity index is 1.40. The van der Waals surface area contributed by atoms with Crippen molar-refractivity contribution in [2.45, 2.75) is 35.3 Å². The number of fused-ring (bicyclic) bond motifs is 1. The van der Waals surface area contributed by atoms with E-state index in [0.29, 0.717) is 11.3 Å². The van der Waals surface area contributed by atoms with Gasteiger partial charge in [0.15, 0.2) is 10.8 Å². The summed E-state index contributed by atoms with van der Waals surface area (Å²) in [5.74, 6) is -6.38. The predicted molar refractivity (Wildman–Crippen MR) is 144 cm³/mol. The van der Waals surface area contributed by atoms with Crippen LogP contribution in [0.1, 0.15) is 5.69 Å². The average molecular weight is 683 g/mol. The number of halogens is 3. The lowest BCUT2D eigenvalue weighted by Gasteiger charge is -2.53. The van der Waals surface area contributed by atoms with Crippen LogP contribution in [0.2, 0.25) is 0 Å². The van der Waals surface area contributed by atoms with Gasteiger partial charge in [-0.1, -0.05) is 16.9 Å². The van der Waals surface area contributed by atoms with E-state index in [1.54, 1.807) is 5.32 Å². The van der Waals surface area contributed by atoms with E-state index >= 15 is 0 Å². The molecule has 44 heavy (non-hydrogen) atoms. The van der Waals surface area contributed by atoms with Crippen LogP contribution < -0.4 is 16.4 Å². The van der Waals surface area contributed by atoms with Gasteiger partial charge in [0.25, 0.3) is 5.91 Å². The van der Waals surface area contributed by atoms with Gasteiger partial charge in [-0.05, 0) is 10.4 Å². The van der Waals surface area contributed by atoms with Gasteiger partial charge in [0.1, 0.15) is 35.7 Å². The largest absolute Gasteiger partial charge is 0.481 e. The Hall–Kier alpha value is -4.03. The van der Waals surface area contributed by atoms with Gasteiger partial charge in [0, 0.05) is 23.4 Å². The standard InChI is InChI=1S/C20H21F3N10O8S3/c1-41-29-9(8-3-42-17(25-8)27-15(38)20(21,22)23)11(34)26-10-12(35)32-4-19(16(39)40,5-43-13(10)32)6-44-18-28-30-31-33(18)2-7(24)14(36)37/h3,7,10,13H,2,4-6,24H2,1H3,(H,26,34)(H,36,37)(H,39,40)(H,25,27,38)/t7?,10?,13-,19?/m1/s1. The third-order valence-electron chi connectivity index (χ3n) is 6.17. The lowest BCUT2D eigenvalue weighted by atomic mass is 9.89. The molecule has 3 unspecified atom stereocenters. The number of oxime groups is 1. The number of thioether (sulfide) groups is 2. The van der Waals surface area contributed by atoms with Gasteiger partial charge in [0.2, 0.25) is 11.1 Å². The van der Waals surface area contributed by atoms with E-state index < -0.39 is 69.6 Å². The fraction of sp³-hybridized carbons (Fsp3) is 0.500. The molecule has 2 aromatic rings. The summed E-state index contributed by atoms with van der Waals surface area (Å²) in [5.41, 5.74) is 3.35. The Morgan fingerprint density at radius 2 is 2.07 bits per heavy atom. The fourth-order valence-corrected chi connectivity index (χ4v) is 7.34. The lowest BCUT2D eigenvalue weighted by Crippen LogP contribution is -2.74. The van der Waals surface area contributed by atoms with Gasteiger partial charge < -0.3 is 31.0 Å². The van der Waals surface area contributed by atoms with Gasteiger partial charge in [-0.3, -0.25) is 29.3 Å². The maximum Gasteiger partial charge on any atom is 0.471 e. The van der Waals surface area contributed by atoms with Gasteiger partial charge in [-0.15, -0.1) is 28.2 Å². The molecule has 0 aromatic carbocycles. The molecular weight excluding hydrogens is 661 g/mol. The molecule has 2 saturated heterocycles. The average Bonchev–Trinajstić information content (AvgIpc) is 3.61. The highest BCUT2D eigenvalue weighted by molar-refractivity contribution is 8.00. The Morgan fingerprint density at radius 1 is 1.34 bits per heavy atom. The molecule has 6 N–H and O–H groups in total. The van der Waals surface area contributed by atoms with Crippen molar-refractivity contribution in [1.82, 2.24) is 35.4 Å².